The number of nitro groups is 1. The maximum absolute atomic E-state index is 12.0. The van der Waals surface area contributed by atoms with Crippen LogP contribution in [-0.4, -0.2) is 21.9 Å². The summed E-state index contributed by atoms with van der Waals surface area (Å²) in [5.74, 6) is -2.51. The Morgan fingerprint density at radius 1 is 1.09 bits per heavy atom. The van der Waals surface area contributed by atoms with Gasteiger partial charge in [-0.3, -0.25) is 19.7 Å². The molecule has 0 aliphatic carbocycles. The predicted molar refractivity (Wildman–Crippen MR) is 83.2 cm³/mol. The van der Waals surface area contributed by atoms with Crippen LogP contribution in [0.2, 0.25) is 0 Å². The first-order chi connectivity index (χ1) is 11.0. The lowest BCUT2D eigenvalue weighted by Crippen LogP contribution is -2.20. The fourth-order valence-corrected chi connectivity index (χ4v) is 2.10. The molecule has 1 atom stereocenters. The number of carboxylic acid groups (broad SMARTS) is 1. The van der Waals surface area contributed by atoms with Crippen molar-refractivity contribution in [1.82, 2.24) is 0 Å². The highest BCUT2D eigenvalue weighted by molar-refractivity contribution is 5.94. The van der Waals surface area contributed by atoms with E-state index in [0.29, 0.717) is 11.3 Å². The van der Waals surface area contributed by atoms with Gasteiger partial charge in [0.1, 0.15) is 0 Å². The Morgan fingerprint density at radius 3 is 2.22 bits per heavy atom. The number of carbonyl (C=O) groups is 2. The molecule has 0 aromatic heterocycles. The van der Waals surface area contributed by atoms with Crippen LogP contribution in [0, 0.1) is 10.1 Å². The van der Waals surface area contributed by atoms with Crippen molar-refractivity contribution in [2.75, 3.05) is 5.32 Å². The number of carboxylic acids is 1. The molecule has 0 aliphatic rings. The zero-order valence-corrected chi connectivity index (χ0v) is 12.0. The van der Waals surface area contributed by atoms with Crippen molar-refractivity contribution in [3.63, 3.8) is 0 Å². The number of anilines is 1. The molecule has 0 saturated heterocycles. The van der Waals surface area contributed by atoms with Crippen LogP contribution in [0.1, 0.15) is 17.9 Å². The van der Waals surface area contributed by atoms with Gasteiger partial charge in [0.25, 0.3) is 5.69 Å². The summed E-state index contributed by atoms with van der Waals surface area (Å²) >= 11 is 0. The first-order valence-electron chi connectivity index (χ1n) is 6.79. The highest BCUT2D eigenvalue weighted by atomic mass is 16.6. The summed E-state index contributed by atoms with van der Waals surface area (Å²) in [4.78, 5) is 33.4. The number of nitrogens with one attached hydrogen (secondary N) is 1. The van der Waals surface area contributed by atoms with Gasteiger partial charge < -0.3 is 10.4 Å². The minimum Gasteiger partial charge on any atom is -0.481 e. The molecule has 2 N–H and O–H groups in total. The fourth-order valence-electron chi connectivity index (χ4n) is 2.10. The summed E-state index contributed by atoms with van der Waals surface area (Å²) < 4.78 is 0. The monoisotopic (exact) mass is 314 g/mol. The molecule has 0 fully saturated rings. The van der Waals surface area contributed by atoms with E-state index in [0.717, 1.165) is 0 Å². The molecule has 0 saturated carbocycles. The number of non-ortho nitro benzene ring substituents is 1. The molecule has 7 heteroatoms. The van der Waals surface area contributed by atoms with Crippen molar-refractivity contribution in [3.05, 3.63) is 70.3 Å². The van der Waals surface area contributed by atoms with Gasteiger partial charge in [0.15, 0.2) is 0 Å². The number of hydrogen-bond acceptors (Lipinski definition) is 4. The van der Waals surface area contributed by atoms with E-state index < -0.39 is 22.7 Å². The Bertz CT molecular complexity index is 713. The number of rotatable bonds is 6. The van der Waals surface area contributed by atoms with Gasteiger partial charge in [-0.05, 0) is 17.7 Å². The van der Waals surface area contributed by atoms with E-state index in [-0.39, 0.29) is 12.1 Å². The molecule has 7 nitrogen and oxygen atoms in total. The van der Waals surface area contributed by atoms with E-state index in [1.165, 1.54) is 24.3 Å². The molecule has 0 spiro atoms. The van der Waals surface area contributed by atoms with Crippen molar-refractivity contribution in [2.45, 2.75) is 12.3 Å². The molecule has 2 aromatic carbocycles. The zero-order chi connectivity index (χ0) is 16.8. The minimum absolute atomic E-state index is 0.0873. The number of hydrogen-bond donors (Lipinski definition) is 2. The van der Waals surface area contributed by atoms with Crippen molar-refractivity contribution in [3.8, 4) is 0 Å². The van der Waals surface area contributed by atoms with Gasteiger partial charge in [-0.2, -0.15) is 0 Å². The van der Waals surface area contributed by atoms with Crippen LogP contribution in [0.3, 0.4) is 0 Å². The molecule has 0 heterocycles. The molecular formula is C16H14N2O5. The van der Waals surface area contributed by atoms with Gasteiger partial charge in [0.2, 0.25) is 5.91 Å². The van der Waals surface area contributed by atoms with E-state index >= 15 is 0 Å². The Kier molecular flexibility index (Phi) is 5.03. The van der Waals surface area contributed by atoms with E-state index in [1.54, 1.807) is 30.3 Å². The fraction of sp³-hybridized carbons (Fsp3) is 0.125. The maximum atomic E-state index is 12.0. The average molecular weight is 314 g/mol. The van der Waals surface area contributed by atoms with Gasteiger partial charge in [0.05, 0.1) is 10.8 Å². The normalized spacial score (nSPS) is 11.5. The van der Waals surface area contributed by atoms with Gasteiger partial charge in [0, 0.05) is 24.2 Å². The molecule has 23 heavy (non-hydrogen) atoms. The Hall–Kier alpha value is -3.22. The number of benzene rings is 2. The molecule has 1 unspecified atom stereocenters. The lowest BCUT2D eigenvalue weighted by atomic mass is 9.95. The van der Waals surface area contributed by atoms with Crippen LogP contribution in [0.25, 0.3) is 0 Å². The van der Waals surface area contributed by atoms with E-state index in [9.17, 15) is 24.8 Å². The van der Waals surface area contributed by atoms with Gasteiger partial charge in [-0.1, -0.05) is 30.3 Å². The lowest BCUT2D eigenvalue weighted by Gasteiger charge is -2.12. The minimum atomic E-state index is -1.09. The van der Waals surface area contributed by atoms with Crippen LogP contribution in [0.15, 0.2) is 54.6 Å². The molecular weight excluding hydrogens is 300 g/mol. The predicted octanol–water partition coefficient (Wildman–Crippen LogP) is 2.79. The summed E-state index contributed by atoms with van der Waals surface area (Å²) in [6, 6.07) is 13.8. The molecule has 118 valence electrons. The molecule has 1 amide bonds. The Balaban J connectivity index is 2.05. The van der Waals surface area contributed by atoms with Crippen LogP contribution in [0.5, 0.6) is 0 Å². The van der Waals surface area contributed by atoms with Crippen LogP contribution >= 0.6 is 0 Å². The number of amides is 1. The van der Waals surface area contributed by atoms with Crippen LogP contribution in [-0.2, 0) is 9.59 Å². The average Bonchev–Trinajstić information content (AvgIpc) is 2.53. The van der Waals surface area contributed by atoms with E-state index in [1.807, 2.05) is 0 Å². The maximum Gasteiger partial charge on any atom is 0.311 e. The third kappa shape index (κ3) is 4.37. The number of nitrogens with zero attached hydrogens (tertiary/aromatic N) is 1. The highest BCUT2D eigenvalue weighted by Gasteiger charge is 2.23. The largest absolute Gasteiger partial charge is 0.481 e. The quantitative estimate of drug-likeness (QED) is 0.629. The van der Waals surface area contributed by atoms with Gasteiger partial charge in [-0.25, -0.2) is 0 Å². The molecule has 2 aromatic rings. The second-order valence-electron chi connectivity index (χ2n) is 4.86. The molecule has 0 radical (unpaired) electrons. The standard InChI is InChI=1S/C16H14N2O5/c19-15(17-12-6-8-13(9-7-12)18(22)23)10-14(16(20)21)11-4-2-1-3-5-11/h1-9,14H,10H2,(H,17,19)(H,20,21). The van der Waals surface area contributed by atoms with Crippen molar-refractivity contribution >= 4 is 23.3 Å². The number of carbonyl (C=O) groups excluding carboxylic acids is 1. The molecule has 2 rings (SSSR count). The van der Waals surface area contributed by atoms with Crippen LogP contribution < -0.4 is 5.32 Å². The summed E-state index contributed by atoms with van der Waals surface area (Å²) in [5.41, 5.74) is 0.826. The second-order valence-corrected chi connectivity index (χ2v) is 4.86. The SMILES string of the molecule is O=C(CC(C(=O)O)c1ccccc1)Nc1ccc([N+](=O)[O-])cc1. The summed E-state index contributed by atoms with van der Waals surface area (Å²) in [5, 5.41) is 22.4. The zero-order valence-electron chi connectivity index (χ0n) is 12.0. The van der Waals surface area contributed by atoms with Gasteiger partial charge in [-0.15, -0.1) is 0 Å². The Labute approximate surface area is 131 Å². The Morgan fingerprint density at radius 2 is 1.70 bits per heavy atom. The van der Waals surface area contributed by atoms with Crippen LogP contribution in [0.4, 0.5) is 11.4 Å². The number of aliphatic carboxylic acids is 1. The lowest BCUT2D eigenvalue weighted by molar-refractivity contribution is -0.384. The summed E-state index contributed by atoms with van der Waals surface area (Å²) in [6.07, 6.45) is -0.226. The third-order valence-corrected chi connectivity index (χ3v) is 3.25. The van der Waals surface area contributed by atoms with E-state index in [2.05, 4.69) is 5.32 Å². The topological polar surface area (TPSA) is 110 Å². The third-order valence-electron chi connectivity index (χ3n) is 3.25. The first-order valence-corrected chi connectivity index (χ1v) is 6.79. The van der Waals surface area contributed by atoms with Crippen molar-refractivity contribution in [1.29, 1.82) is 0 Å². The van der Waals surface area contributed by atoms with E-state index in [4.69, 9.17) is 0 Å². The first kappa shape index (κ1) is 16.2. The second kappa shape index (κ2) is 7.17. The van der Waals surface area contributed by atoms with Gasteiger partial charge >= 0.3 is 5.97 Å². The molecule has 0 bridgehead atoms. The summed E-state index contributed by atoms with van der Waals surface area (Å²) in [7, 11) is 0. The van der Waals surface area contributed by atoms with Crippen molar-refractivity contribution in [2.24, 2.45) is 0 Å². The molecule has 0 aliphatic heterocycles. The van der Waals surface area contributed by atoms with Crippen molar-refractivity contribution < 1.29 is 19.6 Å². The number of nitro benzene ring substituents is 1. The smallest absolute Gasteiger partial charge is 0.311 e. The highest BCUT2D eigenvalue weighted by Crippen LogP contribution is 2.21. The summed E-state index contributed by atoms with van der Waals surface area (Å²) in [6.45, 7) is 0.